The summed E-state index contributed by atoms with van der Waals surface area (Å²) in [4.78, 5) is 40.6. The number of benzene rings is 3. The second kappa shape index (κ2) is 20.6. The van der Waals surface area contributed by atoms with E-state index in [0.717, 1.165) is 16.7 Å². The van der Waals surface area contributed by atoms with Crippen molar-refractivity contribution in [2.45, 2.75) is 90.7 Å². The molecule has 0 saturated carbocycles. The van der Waals surface area contributed by atoms with Gasteiger partial charge in [0.05, 0.1) is 27.4 Å². The van der Waals surface area contributed by atoms with Crippen molar-refractivity contribution in [2.75, 3.05) is 40.3 Å². The highest BCUT2D eigenvalue weighted by Crippen LogP contribution is 2.51. The van der Waals surface area contributed by atoms with Crippen LogP contribution in [0.3, 0.4) is 0 Å². The molecule has 0 radical (unpaired) electrons. The highest BCUT2D eigenvalue weighted by molar-refractivity contribution is 8.13. The van der Waals surface area contributed by atoms with Crippen molar-refractivity contribution in [3.8, 4) is 11.5 Å². The van der Waals surface area contributed by atoms with Gasteiger partial charge in [0.15, 0.2) is 11.3 Å². The number of hydrogen-bond acceptors (Lipinski definition) is 12. The first-order valence-corrected chi connectivity index (χ1v) is 21.8. The molecule has 4 aromatic rings. The lowest BCUT2D eigenvalue weighted by Gasteiger charge is -2.39. The monoisotopic (exact) mass is 851 g/mol. The van der Waals surface area contributed by atoms with Gasteiger partial charge in [0.1, 0.15) is 35.4 Å². The van der Waals surface area contributed by atoms with Crippen molar-refractivity contribution in [1.29, 1.82) is 0 Å². The minimum absolute atomic E-state index is 0.0106. The molecule has 1 fully saturated rings. The first-order valence-electron chi connectivity index (χ1n) is 19.7. The summed E-state index contributed by atoms with van der Waals surface area (Å²) in [5.41, 5.74) is -0.396. The Bertz CT molecular complexity index is 2000. The molecular formula is C44H58N3O10PS. The maximum Gasteiger partial charge on any atom is 0.330 e. The molecule has 1 unspecified atom stereocenters. The molecule has 15 heteroatoms. The molecule has 0 amide bonds. The van der Waals surface area contributed by atoms with E-state index < -0.39 is 55.3 Å². The molecule has 5 atom stereocenters. The van der Waals surface area contributed by atoms with Crippen molar-refractivity contribution < 1.29 is 37.5 Å². The fourth-order valence-corrected chi connectivity index (χ4v) is 9.73. The molecule has 0 spiro atoms. The van der Waals surface area contributed by atoms with E-state index in [2.05, 4.69) is 37.3 Å². The van der Waals surface area contributed by atoms with Crippen LogP contribution in [0.15, 0.2) is 101 Å². The van der Waals surface area contributed by atoms with Crippen molar-refractivity contribution in [2.24, 2.45) is 5.41 Å². The van der Waals surface area contributed by atoms with E-state index in [-0.39, 0.29) is 30.4 Å². The van der Waals surface area contributed by atoms with E-state index in [1.807, 2.05) is 99.6 Å². The Labute approximate surface area is 352 Å². The molecule has 59 heavy (non-hydrogen) atoms. The van der Waals surface area contributed by atoms with Gasteiger partial charge in [-0.05, 0) is 68.7 Å². The number of H-pyrrole nitrogens is 1. The zero-order valence-corrected chi connectivity index (χ0v) is 37.3. The molecule has 1 aliphatic rings. The number of nitrogens with one attached hydrogen (secondary N) is 1. The highest BCUT2D eigenvalue weighted by atomic mass is 32.2. The fourth-order valence-electron chi connectivity index (χ4n) is 7.05. The molecule has 0 bridgehead atoms. The summed E-state index contributed by atoms with van der Waals surface area (Å²) >= 11 is 1.23. The van der Waals surface area contributed by atoms with E-state index in [4.69, 9.17) is 32.7 Å². The zero-order valence-electron chi connectivity index (χ0n) is 35.6. The second-order valence-electron chi connectivity index (χ2n) is 15.7. The lowest BCUT2D eigenvalue weighted by Crippen LogP contribution is -2.43. The number of nitrogens with zero attached hydrogens (tertiary/aromatic N) is 2. The predicted octanol–water partition coefficient (Wildman–Crippen LogP) is 7.53. The maximum absolute atomic E-state index is 13.3. The summed E-state index contributed by atoms with van der Waals surface area (Å²) in [6.45, 7) is 14.2. The van der Waals surface area contributed by atoms with Crippen LogP contribution in [0, 0.1) is 5.41 Å². The summed E-state index contributed by atoms with van der Waals surface area (Å²) in [6, 6.07) is 26.6. The van der Waals surface area contributed by atoms with Crippen LogP contribution in [0.4, 0.5) is 0 Å². The second-order valence-corrected chi connectivity index (χ2v) is 18.2. The number of thioether (sulfide) groups is 1. The van der Waals surface area contributed by atoms with Crippen molar-refractivity contribution in [3.05, 3.63) is 129 Å². The Kier molecular flexibility index (Phi) is 16.1. The summed E-state index contributed by atoms with van der Waals surface area (Å²) in [7, 11) is 2.98. The molecular weight excluding hydrogens is 794 g/mol. The van der Waals surface area contributed by atoms with Gasteiger partial charge < -0.3 is 32.7 Å². The lowest BCUT2D eigenvalue weighted by atomic mass is 9.80. The van der Waals surface area contributed by atoms with Gasteiger partial charge in [-0.25, -0.2) is 9.46 Å². The molecule has 1 N–H and O–H groups in total. The first-order chi connectivity index (χ1) is 28.1. The molecule has 0 aliphatic carbocycles. The van der Waals surface area contributed by atoms with Crippen molar-refractivity contribution in [1.82, 2.24) is 14.2 Å². The van der Waals surface area contributed by atoms with Gasteiger partial charge in [0.2, 0.25) is 0 Å². The summed E-state index contributed by atoms with van der Waals surface area (Å²) in [5, 5.41) is 0.0709. The molecule has 1 saturated heterocycles. The van der Waals surface area contributed by atoms with Crippen LogP contribution < -0.4 is 20.7 Å². The molecule has 320 valence electrons. The molecule has 2 heterocycles. The number of carbonyl (C=O) groups excluding carboxylic acids is 1. The average molecular weight is 852 g/mol. The molecule has 1 aliphatic heterocycles. The van der Waals surface area contributed by atoms with Gasteiger partial charge in [-0.3, -0.25) is 19.1 Å². The molecule has 13 nitrogen and oxygen atoms in total. The van der Waals surface area contributed by atoms with Crippen LogP contribution in [0.5, 0.6) is 11.5 Å². The van der Waals surface area contributed by atoms with Gasteiger partial charge in [0.25, 0.3) is 14.1 Å². The Balaban J connectivity index is 1.61. The van der Waals surface area contributed by atoms with Gasteiger partial charge in [-0.1, -0.05) is 87.1 Å². The van der Waals surface area contributed by atoms with E-state index in [1.54, 1.807) is 14.2 Å². The third-order valence-corrected chi connectivity index (χ3v) is 13.3. The van der Waals surface area contributed by atoms with Crippen LogP contribution in [-0.2, 0) is 33.7 Å². The third kappa shape index (κ3) is 10.9. The maximum atomic E-state index is 13.3. The average Bonchev–Trinajstić information content (AvgIpc) is 3.55. The highest BCUT2D eigenvalue weighted by Gasteiger charge is 2.51. The largest absolute Gasteiger partial charge is 0.497 e. The standard InChI is InChI=1S/C44H58N3O10PS/c1-29(2)47(30(3)4)58(55-26-27-59-41(49)43(5,6)7)57-38-36(56-40(39(38)53-10)46-25-24-37(48)45-42(46)50)28-54-44(31-14-12-11-13-15-31,32-16-20-34(51-8)21-17-32)33-18-22-35(52-9)23-19-33/h11-25,29-30,36,38-40H,26-28H2,1-10H3,(H,45,48,50)/t36-,38+,39+,40-,58?/m1/s1. The molecule has 3 aromatic carbocycles. The topological polar surface area (TPSA) is 140 Å². The summed E-state index contributed by atoms with van der Waals surface area (Å²) in [6.07, 6.45) is -2.17. The van der Waals surface area contributed by atoms with Gasteiger partial charge in [-0.2, -0.15) is 0 Å². The number of hydrogen-bond donors (Lipinski definition) is 1. The minimum atomic E-state index is -1.79. The van der Waals surface area contributed by atoms with Gasteiger partial charge >= 0.3 is 5.69 Å². The minimum Gasteiger partial charge on any atom is -0.497 e. The number of ether oxygens (including phenoxy) is 5. The van der Waals surface area contributed by atoms with Crippen LogP contribution >= 0.6 is 20.3 Å². The van der Waals surface area contributed by atoms with Gasteiger partial charge in [-0.15, -0.1) is 0 Å². The van der Waals surface area contributed by atoms with Crippen LogP contribution in [-0.4, -0.2) is 90.0 Å². The molecule has 1 aromatic heterocycles. The number of rotatable bonds is 19. The van der Waals surface area contributed by atoms with E-state index in [1.165, 1.54) is 35.7 Å². The summed E-state index contributed by atoms with van der Waals surface area (Å²) in [5.74, 6) is 1.80. The van der Waals surface area contributed by atoms with Crippen LogP contribution in [0.1, 0.15) is 71.4 Å². The fraction of sp³-hybridized carbons (Fsp3) is 0.477. The Morgan fingerprint density at radius 3 is 1.88 bits per heavy atom. The quantitative estimate of drug-likeness (QED) is 0.0567. The van der Waals surface area contributed by atoms with Gasteiger partial charge in [0, 0.05) is 42.6 Å². The normalized spacial score (nSPS) is 19.1. The molecule has 5 rings (SSSR count). The summed E-state index contributed by atoms with van der Waals surface area (Å²) < 4.78 is 48.4. The Morgan fingerprint density at radius 1 is 0.831 bits per heavy atom. The number of methoxy groups -OCH3 is 3. The predicted molar refractivity (Wildman–Crippen MR) is 231 cm³/mol. The zero-order chi connectivity index (χ0) is 42.9. The SMILES string of the molecule is COc1ccc(C(OC[C@H]2O[C@@H](n3ccc(=O)[nH]c3=O)[C@@H](OC)[C@H]2OP(OCCSC(=O)C(C)(C)C)N(C(C)C)C(C)C)(c2ccccc2)c2ccc(OC)cc2)cc1. The smallest absolute Gasteiger partial charge is 0.330 e. The Hall–Kier alpha value is -3.85. The lowest BCUT2D eigenvalue weighted by molar-refractivity contribution is -0.117. The van der Waals surface area contributed by atoms with Crippen LogP contribution in [0.25, 0.3) is 0 Å². The number of aromatic nitrogens is 2. The first kappa shape index (κ1) is 46.2. The van der Waals surface area contributed by atoms with E-state index in [9.17, 15) is 14.4 Å². The Morgan fingerprint density at radius 2 is 1.39 bits per heavy atom. The number of carbonyl (C=O) groups is 1. The van der Waals surface area contributed by atoms with Crippen molar-refractivity contribution in [3.63, 3.8) is 0 Å². The van der Waals surface area contributed by atoms with E-state index >= 15 is 0 Å². The third-order valence-electron chi connectivity index (χ3n) is 9.91. The van der Waals surface area contributed by atoms with Crippen molar-refractivity contribution >= 4 is 25.4 Å². The number of aromatic amines is 1. The van der Waals surface area contributed by atoms with Crippen LogP contribution in [0.2, 0.25) is 0 Å². The van der Waals surface area contributed by atoms with E-state index in [0.29, 0.717) is 17.3 Å².